The van der Waals surface area contributed by atoms with Crippen LogP contribution < -0.4 is 0 Å². The molecule has 0 saturated carbocycles. The van der Waals surface area contributed by atoms with Crippen LogP contribution in [0.4, 0.5) is 0 Å². The molecule has 0 unspecified atom stereocenters. The number of amides is 1. The molecule has 2 rings (SSSR count). The minimum atomic E-state index is 0.0559. The van der Waals surface area contributed by atoms with Gasteiger partial charge in [-0.2, -0.15) is 0 Å². The van der Waals surface area contributed by atoms with E-state index in [1.807, 2.05) is 38.1 Å². The largest absolute Gasteiger partial charge is 0.348 e. The number of hydrogen-bond acceptors (Lipinski definition) is 3. The van der Waals surface area contributed by atoms with Crippen molar-refractivity contribution in [1.82, 2.24) is 19.8 Å². The van der Waals surface area contributed by atoms with E-state index in [1.54, 1.807) is 6.33 Å². The van der Waals surface area contributed by atoms with Crippen LogP contribution in [0.15, 0.2) is 30.6 Å². The van der Waals surface area contributed by atoms with Crippen LogP contribution in [0.2, 0.25) is 0 Å². The standard InChI is InChI=1S/C20H30N4O/c1-15(2)12-17-6-8-18(9-7-17)20(25)24(11-10-23(4)5)13-19-16(3)21-14-22-19/h6-9,14-15H,10-13H2,1-5H3,(H,21,22). The van der Waals surface area contributed by atoms with Gasteiger partial charge in [-0.15, -0.1) is 0 Å². The fourth-order valence-corrected chi connectivity index (χ4v) is 2.74. The number of hydrogen-bond donors (Lipinski definition) is 1. The van der Waals surface area contributed by atoms with Gasteiger partial charge in [0.15, 0.2) is 0 Å². The fourth-order valence-electron chi connectivity index (χ4n) is 2.74. The number of likely N-dealkylation sites (N-methyl/N-ethyl adjacent to an activating group) is 1. The first kappa shape index (κ1) is 19.2. The van der Waals surface area contributed by atoms with Crippen molar-refractivity contribution in [2.45, 2.75) is 33.7 Å². The molecule has 0 saturated heterocycles. The van der Waals surface area contributed by atoms with Crippen molar-refractivity contribution in [3.8, 4) is 0 Å². The van der Waals surface area contributed by atoms with Crippen molar-refractivity contribution in [3.05, 3.63) is 53.1 Å². The summed E-state index contributed by atoms with van der Waals surface area (Å²) < 4.78 is 0. The minimum Gasteiger partial charge on any atom is -0.348 e. The molecule has 0 spiro atoms. The first-order valence-electron chi connectivity index (χ1n) is 8.88. The number of carbonyl (C=O) groups excluding carboxylic acids is 1. The second-order valence-electron chi connectivity index (χ2n) is 7.30. The number of carbonyl (C=O) groups is 1. The van der Waals surface area contributed by atoms with Crippen LogP contribution >= 0.6 is 0 Å². The summed E-state index contributed by atoms with van der Waals surface area (Å²) >= 11 is 0. The zero-order valence-electron chi connectivity index (χ0n) is 16.0. The molecule has 1 amide bonds. The molecule has 0 atom stereocenters. The molecule has 136 valence electrons. The Balaban J connectivity index is 2.14. The topological polar surface area (TPSA) is 52.2 Å². The van der Waals surface area contributed by atoms with Crippen LogP contribution in [0.1, 0.15) is 41.2 Å². The highest BCUT2D eigenvalue weighted by Crippen LogP contribution is 2.14. The lowest BCUT2D eigenvalue weighted by molar-refractivity contribution is 0.0730. The van der Waals surface area contributed by atoms with Crippen molar-refractivity contribution in [2.24, 2.45) is 5.92 Å². The van der Waals surface area contributed by atoms with Gasteiger partial charge in [-0.1, -0.05) is 26.0 Å². The highest BCUT2D eigenvalue weighted by molar-refractivity contribution is 5.94. The summed E-state index contributed by atoms with van der Waals surface area (Å²) in [5.74, 6) is 0.668. The predicted molar refractivity (Wildman–Crippen MR) is 102 cm³/mol. The Morgan fingerprint density at radius 3 is 2.36 bits per heavy atom. The van der Waals surface area contributed by atoms with Crippen LogP contribution in [0.5, 0.6) is 0 Å². The Kier molecular flexibility index (Phi) is 6.76. The number of aromatic nitrogens is 2. The average Bonchev–Trinajstić information content (AvgIpc) is 2.95. The molecule has 1 N–H and O–H groups in total. The smallest absolute Gasteiger partial charge is 0.254 e. The van der Waals surface area contributed by atoms with Crippen LogP contribution in [0.3, 0.4) is 0 Å². The van der Waals surface area contributed by atoms with Gasteiger partial charge in [0.1, 0.15) is 0 Å². The summed E-state index contributed by atoms with van der Waals surface area (Å²) in [6.45, 7) is 8.41. The summed E-state index contributed by atoms with van der Waals surface area (Å²) in [5.41, 5.74) is 3.94. The third kappa shape index (κ3) is 5.71. The fraction of sp³-hybridized carbons (Fsp3) is 0.500. The van der Waals surface area contributed by atoms with Crippen molar-refractivity contribution < 1.29 is 4.79 Å². The van der Waals surface area contributed by atoms with E-state index in [4.69, 9.17) is 0 Å². The maximum atomic E-state index is 13.0. The summed E-state index contributed by atoms with van der Waals surface area (Å²) in [4.78, 5) is 24.4. The Bertz CT molecular complexity index is 673. The number of nitrogens with zero attached hydrogens (tertiary/aromatic N) is 3. The lowest BCUT2D eigenvalue weighted by Crippen LogP contribution is -2.36. The number of nitrogens with one attached hydrogen (secondary N) is 1. The number of aryl methyl sites for hydroxylation is 1. The van der Waals surface area contributed by atoms with E-state index in [9.17, 15) is 4.79 Å². The quantitative estimate of drug-likeness (QED) is 0.802. The number of aromatic amines is 1. The van der Waals surface area contributed by atoms with Gasteiger partial charge in [-0.05, 0) is 51.1 Å². The van der Waals surface area contributed by atoms with E-state index in [-0.39, 0.29) is 5.91 Å². The van der Waals surface area contributed by atoms with Gasteiger partial charge in [0.2, 0.25) is 0 Å². The zero-order chi connectivity index (χ0) is 18.4. The molecule has 25 heavy (non-hydrogen) atoms. The van der Waals surface area contributed by atoms with E-state index in [0.717, 1.165) is 29.9 Å². The maximum Gasteiger partial charge on any atom is 0.254 e. The Morgan fingerprint density at radius 2 is 1.84 bits per heavy atom. The Morgan fingerprint density at radius 1 is 1.16 bits per heavy atom. The third-order valence-electron chi connectivity index (χ3n) is 4.22. The van der Waals surface area contributed by atoms with Gasteiger partial charge in [0.25, 0.3) is 5.91 Å². The molecule has 1 heterocycles. The highest BCUT2D eigenvalue weighted by atomic mass is 16.2. The molecule has 0 aliphatic heterocycles. The molecular weight excluding hydrogens is 312 g/mol. The molecule has 1 aromatic carbocycles. The van der Waals surface area contributed by atoms with Gasteiger partial charge in [-0.25, -0.2) is 4.98 Å². The van der Waals surface area contributed by atoms with Crippen LogP contribution in [-0.2, 0) is 13.0 Å². The summed E-state index contributed by atoms with van der Waals surface area (Å²) in [6.07, 6.45) is 2.71. The number of benzene rings is 1. The van der Waals surface area contributed by atoms with E-state index in [2.05, 4.69) is 40.8 Å². The molecule has 0 bridgehead atoms. The van der Waals surface area contributed by atoms with Crippen molar-refractivity contribution in [1.29, 1.82) is 0 Å². The molecule has 1 aromatic heterocycles. The van der Waals surface area contributed by atoms with E-state index >= 15 is 0 Å². The second kappa shape index (κ2) is 8.81. The SMILES string of the molecule is Cc1[nH]cnc1CN(CCN(C)C)C(=O)c1ccc(CC(C)C)cc1. The summed E-state index contributed by atoms with van der Waals surface area (Å²) in [7, 11) is 4.03. The van der Waals surface area contributed by atoms with Crippen LogP contribution in [0.25, 0.3) is 0 Å². The van der Waals surface area contributed by atoms with E-state index in [1.165, 1.54) is 5.56 Å². The predicted octanol–water partition coefficient (Wildman–Crippen LogP) is 3.12. The molecule has 5 nitrogen and oxygen atoms in total. The molecule has 5 heteroatoms. The molecular formula is C20H30N4O. The van der Waals surface area contributed by atoms with Crippen LogP contribution in [0, 0.1) is 12.8 Å². The van der Waals surface area contributed by atoms with Crippen molar-refractivity contribution >= 4 is 5.91 Å². The summed E-state index contributed by atoms with van der Waals surface area (Å²) in [5, 5.41) is 0. The Hall–Kier alpha value is -2.14. The number of rotatable bonds is 8. The van der Waals surface area contributed by atoms with Gasteiger partial charge in [-0.3, -0.25) is 4.79 Å². The van der Waals surface area contributed by atoms with Crippen LogP contribution in [-0.4, -0.2) is 52.9 Å². The highest BCUT2D eigenvalue weighted by Gasteiger charge is 2.18. The molecule has 0 radical (unpaired) electrons. The molecule has 0 aliphatic rings. The van der Waals surface area contributed by atoms with E-state index < -0.39 is 0 Å². The summed E-state index contributed by atoms with van der Waals surface area (Å²) in [6, 6.07) is 8.02. The minimum absolute atomic E-state index is 0.0559. The zero-order valence-corrected chi connectivity index (χ0v) is 16.0. The van der Waals surface area contributed by atoms with Crippen molar-refractivity contribution in [2.75, 3.05) is 27.2 Å². The maximum absolute atomic E-state index is 13.0. The van der Waals surface area contributed by atoms with Gasteiger partial charge in [0, 0.05) is 24.3 Å². The van der Waals surface area contributed by atoms with Gasteiger partial charge in [0.05, 0.1) is 18.6 Å². The number of H-pyrrole nitrogens is 1. The lowest BCUT2D eigenvalue weighted by atomic mass is 10.0. The van der Waals surface area contributed by atoms with Gasteiger partial charge < -0.3 is 14.8 Å². The molecule has 0 aliphatic carbocycles. The van der Waals surface area contributed by atoms with Gasteiger partial charge >= 0.3 is 0 Å². The average molecular weight is 342 g/mol. The monoisotopic (exact) mass is 342 g/mol. The lowest BCUT2D eigenvalue weighted by Gasteiger charge is -2.24. The second-order valence-corrected chi connectivity index (χ2v) is 7.30. The molecule has 2 aromatic rings. The first-order valence-corrected chi connectivity index (χ1v) is 8.88. The normalized spacial score (nSPS) is 11.3. The van der Waals surface area contributed by atoms with Crippen molar-refractivity contribution in [3.63, 3.8) is 0 Å². The third-order valence-corrected chi connectivity index (χ3v) is 4.22. The number of imidazole rings is 1. The van der Waals surface area contributed by atoms with E-state index in [0.29, 0.717) is 19.0 Å². The Labute approximate surface area is 151 Å². The molecule has 0 fully saturated rings. The first-order chi connectivity index (χ1) is 11.9.